The van der Waals surface area contributed by atoms with Crippen LogP contribution < -0.4 is 10.4 Å². The van der Waals surface area contributed by atoms with E-state index in [9.17, 15) is 0 Å². The number of aromatic nitrogens is 4. The lowest BCUT2D eigenvalue weighted by Crippen LogP contribution is -2.41. The highest BCUT2D eigenvalue weighted by Crippen LogP contribution is 2.23. The summed E-state index contributed by atoms with van der Waals surface area (Å²) in [6.45, 7) is 1.53. The number of nitrogens with two attached hydrogens (primary N) is 1. The Morgan fingerprint density at radius 2 is 1.95 bits per heavy atom. The molecule has 0 aliphatic heterocycles. The Bertz CT molecular complexity index is 548. The van der Waals surface area contributed by atoms with Crippen LogP contribution in [0.4, 0.5) is 5.69 Å². The summed E-state index contributed by atoms with van der Waals surface area (Å²) in [4.78, 5) is 6.07. The fraction of sp³-hybridized carbons (Fsp3) is 0.462. The minimum atomic E-state index is 0.573. The molecule has 1 heterocycles. The second-order valence-corrected chi connectivity index (χ2v) is 5.28. The van der Waals surface area contributed by atoms with Crippen molar-refractivity contribution in [2.75, 3.05) is 27.2 Å². The summed E-state index contributed by atoms with van der Waals surface area (Å²) in [5, 5.41) is 12.0. The van der Waals surface area contributed by atoms with Crippen LogP contribution in [0.1, 0.15) is 6.42 Å². The minimum Gasteiger partial charge on any atom is -0.304 e. The molecule has 0 radical (unpaired) electrons. The number of quaternary nitrogens is 1. The van der Waals surface area contributed by atoms with Gasteiger partial charge in [-0.25, -0.2) is 5.90 Å². The van der Waals surface area contributed by atoms with Crippen molar-refractivity contribution in [1.29, 1.82) is 0 Å². The molecule has 0 saturated carbocycles. The van der Waals surface area contributed by atoms with Crippen molar-refractivity contribution in [3.05, 3.63) is 24.3 Å². The zero-order valence-corrected chi connectivity index (χ0v) is 12.2. The Hall–Kier alpha value is -1.83. The Morgan fingerprint density at radius 1 is 1.25 bits per heavy atom. The van der Waals surface area contributed by atoms with Crippen molar-refractivity contribution in [3.63, 3.8) is 0 Å². The molecule has 7 nitrogen and oxygen atoms in total. The van der Waals surface area contributed by atoms with Gasteiger partial charge in [-0.3, -0.25) is 4.48 Å². The van der Waals surface area contributed by atoms with Crippen LogP contribution in [0.5, 0.6) is 0 Å². The van der Waals surface area contributed by atoms with Gasteiger partial charge in [-0.1, -0.05) is 0 Å². The van der Waals surface area contributed by atoms with Crippen molar-refractivity contribution >= 4 is 5.69 Å². The molecule has 2 N–H and O–H groups in total. The zero-order valence-electron chi connectivity index (χ0n) is 12.2. The molecule has 2 rings (SSSR count). The standard InChI is InChI=1S/C13H21N6O/c1-18-16-13(15-17-18)11-5-7-12(8-6-11)19(2,3)9-4-10-20-14/h5-8H,4,9-10,14H2,1-3H3/q+1. The van der Waals surface area contributed by atoms with Crippen molar-refractivity contribution in [2.45, 2.75) is 6.42 Å². The van der Waals surface area contributed by atoms with E-state index in [-0.39, 0.29) is 0 Å². The molecular formula is C13H21N6O+. The highest BCUT2D eigenvalue weighted by molar-refractivity contribution is 5.58. The summed E-state index contributed by atoms with van der Waals surface area (Å²) in [6.07, 6.45) is 0.914. The maximum absolute atomic E-state index is 5.05. The third-order valence-electron chi connectivity index (χ3n) is 3.31. The van der Waals surface area contributed by atoms with Gasteiger partial charge in [-0.15, -0.1) is 10.2 Å². The predicted octanol–water partition coefficient (Wildman–Crippen LogP) is 0.724. The quantitative estimate of drug-likeness (QED) is 0.478. The van der Waals surface area contributed by atoms with Crippen LogP contribution in [0.2, 0.25) is 0 Å². The van der Waals surface area contributed by atoms with Crippen LogP contribution in [0.3, 0.4) is 0 Å². The molecule has 2 aromatic rings. The van der Waals surface area contributed by atoms with Gasteiger partial charge < -0.3 is 4.84 Å². The summed E-state index contributed by atoms with van der Waals surface area (Å²) < 4.78 is 0.775. The van der Waals surface area contributed by atoms with E-state index in [4.69, 9.17) is 5.90 Å². The number of nitrogens with zero attached hydrogens (tertiary/aromatic N) is 5. The largest absolute Gasteiger partial charge is 0.304 e. The third kappa shape index (κ3) is 3.38. The van der Waals surface area contributed by atoms with Crippen molar-refractivity contribution in [2.24, 2.45) is 12.9 Å². The molecule has 7 heteroatoms. The number of benzene rings is 1. The average Bonchev–Trinajstić information content (AvgIpc) is 2.86. The summed E-state index contributed by atoms with van der Waals surface area (Å²) in [7, 11) is 6.07. The molecule has 0 saturated heterocycles. The summed E-state index contributed by atoms with van der Waals surface area (Å²) >= 11 is 0. The van der Waals surface area contributed by atoms with Gasteiger partial charge in [0.1, 0.15) is 5.69 Å². The van der Waals surface area contributed by atoms with Gasteiger partial charge in [0.25, 0.3) is 0 Å². The Kier molecular flexibility index (Phi) is 4.43. The van der Waals surface area contributed by atoms with Crippen LogP contribution >= 0.6 is 0 Å². The highest BCUT2D eigenvalue weighted by atomic mass is 16.6. The van der Waals surface area contributed by atoms with Gasteiger partial charge in [-0.05, 0) is 29.5 Å². The first-order chi connectivity index (χ1) is 9.53. The normalized spacial score (nSPS) is 11.8. The highest BCUT2D eigenvalue weighted by Gasteiger charge is 2.18. The first kappa shape index (κ1) is 14.6. The van der Waals surface area contributed by atoms with Crippen LogP contribution in [-0.4, -0.2) is 47.5 Å². The van der Waals surface area contributed by atoms with E-state index in [1.165, 1.54) is 10.5 Å². The fourth-order valence-corrected chi connectivity index (χ4v) is 2.09. The molecule has 0 spiro atoms. The van der Waals surface area contributed by atoms with Crippen molar-refractivity contribution in [1.82, 2.24) is 24.7 Å². The van der Waals surface area contributed by atoms with E-state index in [1.807, 2.05) is 12.1 Å². The molecule has 0 bridgehead atoms. The van der Waals surface area contributed by atoms with Gasteiger partial charge in [0.05, 0.1) is 34.3 Å². The van der Waals surface area contributed by atoms with E-state index in [1.54, 1.807) is 7.05 Å². The monoisotopic (exact) mass is 277 g/mol. The lowest BCUT2D eigenvalue weighted by Gasteiger charge is -2.29. The van der Waals surface area contributed by atoms with E-state index >= 15 is 0 Å². The van der Waals surface area contributed by atoms with Gasteiger partial charge >= 0.3 is 0 Å². The summed E-state index contributed by atoms with van der Waals surface area (Å²) in [6, 6.07) is 8.22. The number of hydrogen-bond acceptors (Lipinski definition) is 5. The first-order valence-electron chi connectivity index (χ1n) is 6.52. The topological polar surface area (TPSA) is 78.8 Å². The maximum Gasteiger partial charge on any atom is 0.204 e. The molecule has 1 aromatic heterocycles. The first-order valence-corrected chi connectivity index (χ1v) is 6.52. The molecule has 0 aliphatic carbocycles. The smallest absolute Gasteiger partial charge is 0.204 e. The SMILES string of the molecule is Cn1nnc(-c2ccc([N+](C)(C)CCCON)cc2)n1. The van der Waals surface area contributed by atoms with Gasteiger partial charge in [0, 0.05) is 12.0 Å². The Labute approximate surface area is 118 Å². The summed E-state index contributed by atoms with van der Waals surface area (Å²) in [5.74, 6) is 5.69. The third-order valence-corrected chi connectivity index (χ3v) is 3.31. The molecule has 0 unspecified atom stereocenters. The minimum absolute atomic E-state index is 0.573. The zero-order chi connectivity index (χ0) is 14.6. The predicted molar refractivity (Wildman–Crippen MR) is 77.5 cm³/mol. The molecule has 0 amide bonds. The number of hydrogen-bond donors (Lipinski definition) is 1. The molecule has 1 aromatic carbocycles. The van der Waals surface area contributed by atoms with Gasteiger partial charge in [0.15, 0.2) is 0 Å². The molecule has 0 aliphatic rings. The van der Waals surface area contributed by atoms with Crippen LogP contribution in [0, 0.1) is 0 Å². The van der Waals surface area contributed by atoms with E-state index in [2.05, 4.69) is 46.5 Å². The van der Waals surface area contributed by atoms with E-state index in [0.717, 1.165) is 23.0 Å². The molecule has 108 valence electrons. The second-order valence-electron chi connectivity index (χ2n) is 5.28. The molecule has 20 heavy (non-hydrogen) atoms. The van der Waals surface area contributed by atoms with Gasteiger partial charge in [-0.2, -0.15) is 4.80 Å². The van der Waals surface area contributed by atoms with Crippen LogP contribution in [0.25, 0.3) is 11.4 Å². The number of rotatable bonds is 6. The molecule has 0 fully saturated rings. The van der Waals surface area contributed by atoms with Crippen molar-refractivity contribution < 1.29 is 4.84 Å². The molecule has 0 atom stereocenters. The second kappa shape index (κ2) is 6.08. The van der Waals surface area contributed by atoms with Gasteiger partial charge in [0.2, 0.25) is 5.82 Å². The van der Waals surface area contributed by atoms with Crippen molar-refractivity contribution in [3.8, 4) is 11.4 Å². The van der Waals surface area contributed by atoms with E-state index in [0.29, 0.717) is 12.4 Å². The van der Waals surface area contributed by atoms with Crippen LogP contribution in [-0.2, 0) is 11.9 Å². The Balaban J connectivity index is 2.11. The lowest BCUT2D eigenvalue weighted by atomic mass is 10.1. The maximum atomic E-state index is 5.05. The Morgan fingerprint density at radius 3 is 2.50 bits per heavy atom. The number of aryl methyl sites for hydroxylation is 1. The lowest BCUT2D eigenvalue weighted by molar-refractivity contribution is 0.129. The van der Waals surface area contributed by atoms with E-state index < -0.39 is 0 Å². The van der Waals surface area contributed by atoms with Crippen LogP contribution in [0.15, 0.2) is 24.3 Å². The fourth-order valence-electron chi connectivity index (χ4n) is 2.09. The average molecular weight is 277 g/mol. The number of tetrazole rings is 1. The summed E-state index contributed by atoms with van der Waals surface area (Å²) in [5.41, 5.74) is 2.18. The molecular weight excluding hydrogens is 256 g/mol.